The minimum absolute atomic E-state index is 1.17. The number of hydrogen-bond donors (Lipinski definition) is 0. The lowest BCUT2D eigenvalue weighted by molar-refractivity contribution is 0.546. The molecule has 0 amide bonds. The monoisotopic (exact) mass is 239 g/mol. The van der Waals surface area contributed by atoms with E-state index in [1.54, 1.807) is 0 Å². The molecule has 1 nitrogen and oxygen atoms in total. The molecule has 1 heteroatoms. The van der Waals surface area contributed by atoms with Gasteiger partial charge < -0.3 is 4.99 Å². The molecule has 0 rings (SSSR count). The van der Waals surface area contributed by atoms with Gasteiger partial charge in [-0.05, 0) is 19.1 Å². The fourth-order valence-electron chi connectivity index (χ4n) is 2.21. The summed E-state index contributed by atoms with van der Waals surface area (Å²) in [6, 6.07) is 0. The van der Waals surface area contributed by atoms with Gasteiger partial charge in [0.1, 0.15) is 0 Å². The van der Waals surface area contributed by atoms with Crippen LogP contribution >= 0.6 is 0 Å². The third-order valence-corrected chi connectivity index (χ3v) is 3.37. The molecular weight excluding hydrogens is 206 g/mol. The Morgan fingerprint density at radius 2 is 1.06 bits per heavy atom. The summed E-state index contributed by atoms with van der Waals surface area (Å²) in [5.74, 6) is 0. The van der Waals surface area contributed by atoms with Gasteiger partial charge in [-0.1, -0.05) is 77.6 Å². The molecule has 0 unspecified atom stereocenters. The summed E-state index contributed by atoms with van der Waals surface area (Å²) in [5, 5.41) is 0. The van der Waals surface area contributed by atoms with E-state index in [2.05, 4.69) is 11.9 Å². The van der Waals surface area contributed by atoms with Crippen LogP contribution in [0.4, 0.5) is 0 Å². The van der Waals surface area contributed by atoms with E-state index in [1.165, 1.54) is 83.5 Å². The maximum Gasteiger partial charge on any atom is 0.0273 e. The Morgan fingerprint density at radius 1 is 0.647 bits per heavy atom. The van der Waals surface area contributed by atoms with Gasteiger partial charge in [-0.15, -0.1) is 0 Å². The van der Waals surface area contributed by atoms with Crippen molar-refractivity contribution in [3.63, 3.8) is 0 Å². The molecule has 0 fully saturated rings. The standard InChI is InChI=1S/C16H33N/c1-3-4-5-6-7-8-9-10-11-12-13-14-15-16-17-2/h16H,3-15H2,1-2H3. The van der Waals surface area contributed by atoms with Crippen molar-refractivity contribution < 1.29 is 0 Å². The number of nitrogens with zero attached hydrogens (tertiary/aromatic N) is 1. The molecule has 0 radical (unpaired) electrons. The lowest BCUT2D eigenvalue weighted by Gasteiger charge is -2.02. The summed E-state index contributed by atoms with van der Waals surface area (Å²) >= 11 is 0. The molecule has 0 atom stereocenters. The number of rotatable bonds is 13. The zero-order valence-electron chi connectivity index (χ0n) is 12.2. The average Bonchev–Trinajstić information content (AvgIpc) is 2.35. The molecule has 0 N–H and O–H groups in total. The van der Waals surface area contributed by atoms with E-state index in [1.807, 2.05) is 13.3 Å². The summed E-state index contributed by atoms with van der Waals surface area (Å²) in [4.78, 5) is 4.00. The van der Waals surface area contributed by atoms with Gasteiger partial charge in [0.15, 0.2) is 0 Å². The highest BCUT2D eigenvalue weighted by Crippen LogP contribution is 2.12. The van der Waals surface area contributed by atoms with E-state index in [0.29, 0.717) is 0 Å². The summed E-state index contributed by atoms with van der Waals surface area (Å²) in [5.41, 5.74) is 0. The number of hydrogen-bond acceptors (Lipinski definition) is 1. The summed E-state index contributed by atoms with van der Waals surface area (Å²) in [6.45, 7) is 2.28. The second-order valence-electron chi connectivity index (χ2n) is 5.12. The molecule has 17 heavy (non-hydrogen) atoms. The highest BCUT2D eigenvalue weighted by Gasteiger charge is 1.92. The van der Waals surface area contributed by atoms with Gasteiger partial charge in [0, 0.05) is 7.05 Å². The molecule has 0 bridgehead atoms. The molecule has 0 aliphatic heterocycles. The minimum atomic E-state index is 1.17. The largest absolute Gasteiger partial charge is 0.301 e. The van der Waals surface area contributed by atoms with E-state index >= 15 is 0 Å². The van der Waals surface area contributed by atoms with Gasteiger partial charge in [-0.3, -0.25) is 0 Å². The predicted molar refractivity (Wildman–Crippen MR) is 80.1 cm³/mol. The highest BCUT2D eigenvalue weighted by molar-refractivity contribution is 5.56. The second-order valence-corrected chi connectivity index (χ2v) is 5.12. The van der Waals surface area contributed by atoms with Crippen LogP contribution < -0.4 is 0 Å². The van der Waals surface area contributed by atoms with Crippen molar-refractivity contribution in [2.45, 2.75) is 90.4 Å². The first kappa shape index (κ1) is 16.7. The SMILES string of the molecule is CCCCCCCCCCCCCCC=NC. The van der Waals surface area contributed by atoms with E-state index in [4.69, 9.17) is 0 Å². The fraction of sp³-hybridized carbons (Fsp3) is 0.938. The number of unbranched alkanes of at least 4 members (excludes halogenated alkanes) is 12. The average molecular weight is 239 g/mol. The summed E-state index contributed by atoms with van der Waals surface area (Å²) in [7, 11) is 1.86. The van der Waals surface area contributed by atoms with Crippen LogP contribution in [-0.2, 0) is 0 Å². The van der Waals surface area contributed by atoms with Crippen molar-refractivity contribution in [2.24, 2.45) is 4.99 Å². The Kier molecular flexibility index (Phi) is 15.4. The van der Waals surface area contributed by atoms with Crippen LogP contribution in [0.15, 0.2) is 4.99 Å². The molecule has 0 aromatic carbocycles. The van der Waals surface area contributed by atoms with Crippen molar-refractivity contribution in [3.05, 3.63) is 0 Å². The zero-order chi connectivity index (χ0) is 12.6. The normalized spacial score (nSPS) is 11.4. The van der Waals surface area contributed by atoms with Gasteiger partial charge in [0.05, 0.1) is 0 Å². The van der Waals surface area contributed by atoms with Crippen molar-refractivity contribution in [1.29, 1.82) is 0 Å². The first-order valence-corrected chi connectivity index (χ1v) is 7.82. The van der Waals surface area contributed by atoms with Gasteiger partial charge >= 0.3 is 0 Å². The Balaban J connectivity index is 2.89. The molecule has 102 valence electrons. The van der Waals surface area contributed by atoms with E-state index in [9.17, 15) is 0 Å². The van der Waals surface area contributed by atoms with Crippen LogP contribution in [0.5, 0.6) is 0 Å². The van der Waals surface area contributed by atoms with Crippen molar-refractivity contribution in [3.8, 4) is 0 Å². The van der Waals surface area contributed by atoms with Gasteiger partial charge in [-0.25, -0.2) is 0 Å². The third-order valence-electron chi connectivity index (χ3n) is 3.37. The Hall–Kier alpha value is -0.330. The Bertz CT molecular complexity index is 152. The molecule has 0 aromatic heterocycles. The molecule has 0 aliphatic carbocycles. The Morgan fingerprint density at radius 3 is 1.47 bits per heavy atom. The maximum atomic E-state index is 4.00. The van der Waals surface area contributed by atoms with Crippen molar-refractivity contribution in [2.75, 3.05) is 7.05 Å². The third kappa shape index (κ3) is 15.7. The predicted octanol–water partition coefficient (Wildman–Crippen LogP) is 5.78. The van der Waals surface area contributed by atoms with Crippen LogP contribution in [0, 0.1) is 0 Å². The number of aliphatic imine (C=N–C) groups is 1. The van der Waals surface area contributed by atoms with Crippen LogP contribution in [-0.4, -0.2) is 13.3 Å². The molecular formula is C16H33N. The minimum Gasteiger partial charge on any atom is -0.301 e. The molecule has 0 saturated carbocycles. The van der Waals surface area contributed by atoms with E-state index < -0.39 is 0 Å². The van der Waals surface area contributed by atoms with Crippen LogP contribution in [0.2, 0.25) is 0 Å². The van der Waals surface area contributed by atoms with Crippen molar-refractivity contribution in [1.82, 2.24) is 0 Å². The van der Waals surface area contributed by atoms with Gasteiger partial charge in [0.25, 0.3) is 0 Å². The van der Waals surface area contributed by atoms with E-state index in [0.717, 1.165) is 0 Å². The van der Waals surface area contributed by atoms with Gasteiger partial charge in [-0.2, -0.15) is 0 Å². The quantitative estimate of drug-likeness (QED) is 0.285. The van der Waals surface area contributed by atoms with Crippen LogP contribution in [0.3, 0.4) is 0 Å². The topological polar surface area (TPSA) is 12.4 Å². The first-order valence-electron chi connectivity index (χ1n) is 7.82. The van der Waals surface area contributed by atoms with Crippen molar-refractivity contribution >= 4 is 6.21 Å². The smallest absolute Gasteiger partial charge is 0.0273 e. The molecule has 0 aromatic rings. The highest BCUT2D eigenvalue weighted by atomic mass is 14.6. The zero-order valence-corrected chi connectivity index (χ0v) is 12.2. The summed E-state index contributed by atoms with van der Waals surface area (Å²) in [6.07, 6.45) is 20.4. The van der Waals surface area contributed by atoms with Crippen LogP contribution in [0.25, 0.3) is 0 Å². The second kappa shape index (κ2) is 15.7. The maximum absolute atomic E-state index is 4.00. The first-order chi connectivity index (χ1) is 8.41. The summed E-state index contributed by atoms with van der Waals surface area (Å²) < 4.78 is 0. The lowest BCUT2D eigenvalue weighted by atomic mass is 10.0. The Labute approximate surface area is 109 Å². The fourth-order valence-corrected chi connectivity index (χ4v) is 2.21. The molecule has 0 aliphatic rings. The van der Waals surface area contributed by atoms with Gasteiger partial charge in [0.2, 0.25) is 0 Å². The molecule has 0 heterocycles. The lowest BCUT2D eigenvalue weighted by Crippen LogP contribution is -1.83. The molecule has 0 spiro atoms. The van der Waals surface area contributed by atoms with E-state index in [-0.39, 0.29) is 0 Å². The van der Waals surface area contributed by atoms with Crippen LogP contribution in [0.1, 0.15) is 90.4 Å². The molecule has 0 saturated heterocycles.